The highest BCUT2D eigenvalue weighted by Gasteiger charge is 2.56. The van der Waals surface area contributed by atoms with E-state index in [1.54, 1.807) is 12.7 Å². The number of hydrogen-bond donors (Lipinski definition) is 0. The lowest BCUT2D eigenvalue weighted by Gasteiger charge is -2.51. The fourth-order valence-corrected chi connectivity index (χ4v) is 6.32. The van der Waals surface area contributed by atoms with Crippen molar-refractivity contribution in [3.05, 3.63) is 29.3 Å². The zero-order valence-corrected chi connectivity index (χ0v) is 15.3. The van der Waals surface area contributed by atoms with Gasteiger partial charge in [-0.1, -0.05) is 32.8 Å². The van der Waals surface area contributed by atoms with Crippen molar-refractivity contribution >= 4 is 5.78 Å². The lowest BCUT2D eigenvalue weighted by Crippen LogP contribution is -2.46. The second-order valence-corrected chi connectivity index (χ2v) is 8.53. The molecule has 0 heterocycles. The number of methoxy groups -OCH3 is 1. The average Bonchev–Trinajstić information content (AvgIpc) is 2.89. The Bertz CT molecular complexity index is 649. The quantitative estimate of drug-likeness (QED) is 0.768. The maximum Gasteiger partial charge on any atom is 0.139 e. The average molecular weight is 326 g/mol. The Balaban J connectivity index is 1.76. The van der Waals surface area contributed by atoms with Crippen LogP contribution in [0.25, 0.3) is 0 Å². The van der Waals surface area contributed by atoms with Crippen LogP contribution in [0.5, 0.6) is 5.75 Å². The normalized spacial score (nSPS) is 37.5. The van der Waals surface area contributed by atoms with Gasteiger partial charge < -0.3 is 4.74 Å². The monoisotopic (exact) mass is 326 g/mol. The van der Waals surface area contributed by atoms with Crippen molar-refractivity contribution in [3.8, 4) is 5.75 Å². The Morgan fingerprint density at radius 3 is 2.88 bits per heavy atom. The third kappa shape index (κ3) is 2.25. The molecular formula is C22H30O2. The number of rotatable bonds is 3. The molecule has 1 unspecified atom stereocenters. The van der Waals surface area contributed by atoms with Crippen LogP contribution in [0.3, 0.4) is 0 Å². The lowest BCUT2D eigenvalue weighted by molar-refractivity contribution is -0.130. The minimum atomic E-state index is -0.0306. The van der Waals surface area contributed by atoms with Crippen molar-refractivity contribution in [1.29, 1.82) is 0 Å². The summed E-state index contributed by atoms with van der Waals surface area (Å²) >= 11 is 0. The Morgan fingerprint density at radius 1 is 1.29 bits per heavy atom. The molecule has 0 amide bonds. The third-order valence-corrected chi connectivity index (χ3v) is 7.48. The smallest absolute Gasteiger partial charge is 0.139 e. The highest BCUT2D eigenvalue weighted by Crippen LogP contribution is 2.61. The predicted octanol–water partition coefficient (Wildman–Crippen LogP) is 5.15. The van der Waals surface area contributed by atoms with Crippen molar-refractivity contribution in [2.75, 3.05) is 7.11 Å². The van der Waals surface area contributed by atoms with Gasteiger partial charge >= 0.3 is 0 Å². The number of ketones is 1. The Labute approximate surface area is 146 Å². The molecule has 130 valence electrons. The summed E-state index contributed by atoms with van der Waals surface area (Å²) in [5.74, 6) is 4.22. The zero-order valence-electron chi connectivity index (χ0n) is 15.3. The van der Waals surface area contributed by atoms with E-state index in [4.69, 9.17) is 4.74 Å². The molecule has 5 atom stereocenters. The first-order chi connectivity index (χ1) is 11.6. The molecule has 0 radical (unpaired) electrons. The molecule has 1 aromatic carbocycles. The summed E-state index contributed by atoms with van der Waals surface area (Å²) in [5.41, 5.74) is 3.02. The van der Waals surface area contributed by atoms with Crippen LogP contribution in [0, 0.1) is 23.2 Å². The number of benzene rings is 1. The standard InChI is InChI=1S/C22H30O2/c1-4-5-14-12-15-13-16(24-3)6-7-17(15)18-10-11-22(2)19(21(14)18)8-9-20(22)23/h6-7,13-14,18-19,21H,4-5,8-12H2,1-3H3/t14?,18-,19+,21-,22+/m1/s1. The number of carbonyl (C=O) groups excluding carboxylic acids is 1. The summed E-state index contributed by atoms with van der Waals surface area (Å²) in [6, 6.07) is 6.71. The second-order valence-electron chi connectivity index (χ2n) is 8.53. The molecule has 0 aromatic heterocycles. The first-order valence-corrected chi connectivity index (χ1v) is 9.78. The van der Waals surface area contributed by atoms with Crippen LogP contribution in [-0.4, -0.2) is 12.9 Å². The number of fused-ring (bicyclic) bond motifs is 5. The largest absolute Gasteiger partial charge is 0.497 e. The maximum absolute atomic E-state index is 12.6. The molecule has 3 aliphatic rings. The van der Waals surface area contributed by atoms with Crippen LogP contribution in [-0.2, 0) is 11.2 Å². The van der Waals surface area contributed by atoms with Crippen LogP contribution in [0.2, 0.25) is 0 Å². The van der Waals surface area contributed by atoms with Crippen molar-refractivity contribution in [1.82, 2.24) is 0 Å². The summed E-state index contributed by atoms with van der Waals surface area (Å²) < 4.78 is 5.47. The molecule has 4 rings (SSSR count). The van der Waals surface area contributed by atoms with E-state index >= 15 is 0 Å². The molecular weight excluding hydrogens is 296 g/mol. The first kappa shape index (κ1) is 16.2. The van der Waals surface area contributed by atoms with Gasteiger partial charge in [0.25, 0.3) is 0 Å². The summed E-state index contributed by atoms with van der Waals surface area (Å²) in [4.78, 5) is 12.6. The highest BCUT2D eigenvalue weighted by molar-refractivity contribution is 5.87. The van der Waals surface area contributed by atoms with Crippen LogP contribution >= 0.6 is 0 Å². The molecule has 0 bridgehead atoms. The molecule has 0 saturated heterocycles. The van der Waals surface area contributed by atoms with Crippen LogP contribution < -0.4 is 4.74 Å². The summed E-state index contributed by atoms with van der Waals surface area (Å²) in [5, 5.41) is 0. The fourth-order valence-electron chi connectivity index (χ4n) is 6.32. The Kier molecular flexibility index (Phi) is 3.97. The Hall–Kier alpha value is -1.31. The summed E-state index contributed by atoms with van der Waals surface area (Å²) in [6.45, 7) is 4.58. The third-order valence-electron chi connectivity index (χ3n) is 7.48. The minimum absolute atomic E-state index is 0.0306. The summed E-state index contributed by atoms with van der Waals surface area (Å²) in [6.07, 6.45) is 7.91. The second kappa shape index (κ2) is 5.89. The number of ether oxygens (including phenoxy) is 1. The van der Waals surface area contributed by atoms with Gasteiger partial charge in [-0.15, -0.1) is 0 Å². The SMILES string of the molecule is CCCC1Cc2cc(OC)ccc2[C@H]2CC[C@]3(C)C(=O)CC[C@H]3[C@H]12. The number of Topliss-reactive ketones (excluding diaryl/α,β-unsaturated/α-hetero) is 1. The molecule has 0 aliphatic heterocycles. The summed E-state index contributed by atoms with van der Waals surface area (Å²) in [7, 11) is 1.76. The van der Waals surface area contributed by atoms with Gasteiger partial charge in [0.1, 0.15) is 11.5 Å². The molecule has 2 heteroatoms. The van der Waals surface area contributed by atoms with Gasteiger partial charge in [0.05, 0.1) is 7.11 Å². The van der Waals surface area contributed by atoms with Crippen LogP contribution in [0.4, 0.5) is 0 Å². The van der Waals surface area contributed by atoms with Crippen molar-refractivity contribution < 1.29 is 9.53 Å². The van der Waals surface area contributed by atoms with Gasteiger partial charge in [-0.25, -0.2) is 0 Å². The molecule has 24 heavy (non-hydrogen) atoms. The van der Waals surface area contributed by atoms with Gasteiger partial charge in [-0.2, -0.15) is 0 Å². The van der Waals surface area contributed by atoms with E-state index in [1.807, 2.05) is 0 Å². The predicted molar refractivity (Wildman–Crippen MR) is 96.4 cm³/mol. The van der Waals surface area contributed by atoms with E-state index in [0.29, 0.717) is 23.5 Å². The highest BCUT2D eigenvalue weighted by atomic mass is 16.5. The van der Waals surface area contributed by atoms with E-state index in [-0.39, 0.29) is 5.41 Å². The van der Waals surface area contributed by atoms with E-state index in [9.17, 15) is 4.79 Å². The number of carbonyl (C=O) groups is 1. The van der Waals surface area contributed by atoms with Crippen molar-refractivity contribution in [2.45, 2.75) is 64.7 Å². The molecule has 2 saturated carbocycles. The van der Waals surface area contributed by atoms with Gasteiger partial charge in [0.2, 0.25) is 0 Å². The number of hydrogen-bond acceptors (Lipinski definition) is 2. The van der Waals surface area contributed by atoms with Gasteiger partial charge in [0.15, 0.2) is 0 Å². The van der Waals surface area contributed by atoms with E-state index < -0.39 is 0 Å². The topological polar surface area (TPSA) is 26.3 Å². The van der Waals surface area contributed by atoms with E-state index in [0.717, 1.165) is 30.9 Å². The molecule has 2 fully saturated rings. The zero-order chi connectivity index (χ0) is 16.9. The minimum Gasteiger partial charge on any atom is -0.497 e. The van der Waals surface area contributed by atoms with Crippen molar-refractivity contribution in [2.24, 2.45) is 23.2 Å². The maximum atomic E-state index is 12.6. The van der Waals surface area contributed by atoms with E-state index in [2.05, 4.69) is 32.0 Å². The molecule has 1 aromatic rings. The lowest BCUT2D eigenvalue weighted by atomic mass is 9.52. The molecule has 3 aliphatic carbocycles. The van der Waals surface area contributed by atoms with Crippen LogP contribution in [0.1, 0.15) is 69.4 Å². The van der Waals surface area contributed by atoms with Gasteiger partial charge in [-0.05, 0) is 72.6 Å². The van der Waals surface area contributed by atoms with Gasteiger partial charge in [-0.3, -0.25) is 4.79 Å². The molecule has 0 spiro atoms. The fraction of sp³-hybridized carbons (Fsp3) is 0.682. The first-order valence-electron chi connectivity index (χ1n) is 9.78. The Morgan fingerprint density at radius 2 is 2.12 bits per heavy atom. The van der Waals surface area contributed by atoms with Crippen molar-refractivity contribution in [3.63, 3.8) is 0 Å². The van der Waals surface area contributed by atoms with E-state index in [1.165, 1.54) is 31.2 Å². The molecule has 2 nitrogen and oxygen atoms in total. The van der Waals surface area contributed by atoms with Crippen LogP contribution in [0.15, 0.2) is 18.2 Å². The van der Waals surface area contributed by atoms with Gasteiger partial charge in [0, 0.05) is 11.8 Å². The molecule has 0 N–H and O–H groups in total.